The molecule has 0 aliphatic heterocycles. The van der Waals surface area contributed by atoms with Gasteiger partial charge in [0.15, 0.2) is 11.5 Å². The summed E-state index contributed by atoms with van der Waals surface area (Å²) in [5.41, 5.74) is 4.81. The SMILES string of the molecule is Cc1c2ncccc2c(C)c2c1[nH]c1ccc(O)c(O)c12. The summed E-state index contributed by atoms with van der Waals surface area (Å²) in [6.07, 6.45) is 1.78. The van der Waals surface area contributed by atoms with Crippen molar-refractivity contribution < 1.29 is 10.2 Å². The molecule has 4 nitrogen and oxygen atoms in total. The predicted molar refractivity (Wildman–Crippen MR) is 83.9 cm³/mol. The molecule has 3 N–H and O–H groups in total. The van der Waals surface area contributed by atoms with Crippen molar-refractivity contribution in [2.45, 2.75) is 13.8 Å². The Kier molecular flexibility index (Phi) is 2.22. The maximum Gasteiger partial charge on any atom is 0.167 e. The van der Waals surface area contributed by atoms with Crippen molar-refractivity contribution >= 4 is 32.7 Å². The third-order valence-electron chi connectivity index (χ3n) is 4.23. The van der Waals surface area contributed by atoms with Gasteiger partial charge in [0.05, 0.1) is 21.9 Å². The Hall–Kier alpha value is -2.75. The topological polar surface area (TPSA) is 69.1 Å². The van der Waals surface area contributed by atoms with E-state index < -0.39 is 0 Å². The summed E-state index contributed by atoms with van der Waals surface area (Å²) in [5, 5.41) is 22.7. The second-order valence-corrected chi connectivity index (χ2v) is 5.38. The molecule has 0 fully saturated rings. The highest BCUT2D eigenvalue weighted by Gasteiger charge is 2.18. The normalized spacial score (nSPS) is 11.7. The summed E-state index contributed by atoms with van der Waals surface area (Å²) in [6, 6.07) is 7.21. The zero-order valence-electron chi connectivity index (χ0n) is 11.7. The van der Waals surface area contributed by atoms with Crippen molar-refractivity contribution in [2.24, 2.45) is 0 Å². The maximum absolute atomic E-state index is 10.2. The molecule has 0 unspecified atom stereocenters. The van der Waals surface area contributed by atoms with E-state index in [1.807, 2.05) is 26.0 Å². The van der Waals surface area contributed by atoms with Gasteiger partial charge in [-0.05, 0) is 43.2 Å². The van der Waals surface area contributed by atoms with Crippen LogP contribution in [0.25, 0.3) is 32.7 Å². The number of aromatic amines is 1. The van der Waals surface area contributed by atoms with Gasteiger partial charge < -0.3 is 15.2 Å². The third-order valence-corrected chi connectivity index (χ3v) is 4.23. The van der Waals surface area contributed by atoms with Crippen LogP contribution in [-0.2, 0) is 0 Å². The number of phenols is 2. The standard InChI is InChI=1S/C17H14N2O2/c1-8-10-4-3-7-18-15(10)9(2)16-13(8)14-11(19-16)5-6-12(20)17(14)21/h3-7,19-21H,1-2H3. The number of pyridine rings is 1. The van der Waals surface area contributed by atoms with Crippen molar-refractivity contribution in [3.8, 4) is 11.5 Å². The fraction of sp³-hybridized carbons (Fsp3) is 0.118. The van der Waals surface area contributed by atoms with Crippen molar-refractivity contribution in [2.75, 3.05) is 0 Å². The van der Waals surface area contributed by atoms with Crippen molar-refractivity contribution in [1.29, 1.82) is 0 Å². The van der Waals surface area contributed by atoms with E-state index in [-0.39, 0.29) is 11.5 Å². The van der Waals surface area contributed by atoms with Gasteiger partial charge in [0, 0.05) is 17.0 Å². The Morgan fingerprint density at radius 3 is 2.62 bits per heavy atom. The van der Waals surface area contributed by atoms with Crippen molar-refractivity contribution in [3.05, 3.63) is 41.6 Å². The van der Waals surface area contributed by atoms with Gasteiger partial charge in [0.1, 0.15) is 0 Å². The second-order valence-electron chi connectivity index (χ2n) is 5.38. The van der Waals surface area contributed by atoms with Crippen LogP contribution in [-0.4, -0.2) is 20.2 Å². The molecular weight excluding hydrogens is 264 g/mol. The van der Waals surface area contributed by atoms with Crippen LogP contribution >= 0.6 is 0 Å². The highest BCUT2D eigenvalue weighted by atomic mass is 16.3. The van der Waals surface area contributed by atoms with Gasteiger partial charge in [-0.1, -0.05) is 6.07 Å². The first-order valence-electron chi connectivity index (χ1n) is 6.80. The molecule has 0 amide bonds. The highest BCUT2D eigenvalue weighted by Crippen LogP contribution is 2.42. The van der Waals surface area contributed by atoms with E-state index in [0.29, 0.717) is 5.39 Å². The molecule has 0 spiro atoms. The molecule has 0 radical (unpaired) electrons. The summed E-state index contributed by atoms with van der Waals surface area (Å²) in [6.45, 7) is 4.03. The molecule has 4 heteroatoms. The molecule has 0 saturated heterocycles. The number of H-pyrrole nitrogens is 1. The van der Waals surface area contributed by atoms with E-state index in [4.69, 9.17) is 0 Å². The summed E-state index contributed by atoms with van der Waals surface area (Å²) in [4.78, 5) is 7.81. The van der Waals surface area contributed by atoms with Gasteiger partial charge in [-0.2, -0.15) is 0 Å². The number of aromatic hydroxyl groups is 2. The van der Waals surface area contributed by atoms with E-state index in [9.17, 15) is 10.2 Å². The van der Waals surface area contributed by atoms with E-state index in [2.05, 4.69) is 9.97 Å². The van der Waals surface area contributed by atoms with Gasteiger partial charge in [-0.3, -0.25) is 4.98 Å². The minimum atomic E-state index is -0.105. The summed E-state index contributed by atoms with van der Waals surface area (Å²) in [7, 11) is 0. The van der Waals surface area contributed by atoms with Gasteiger partial charge in [-0.15, -0.1) is 0 Å². The second kappa shape index (κ2) is 3.88. The van der Waals surface area contributed by atoms with Crippen LogP contribution in [0.2, 0.25) is 0 Å². The fourth-order valence-corrected chi connectivity index (χ4v) is 3.18. The average Bonchev–Trinajstić information content (AvgIpc) is 2.89. The zero-order chi connectivity index (χ0) is 14.7. The van der Waals surface area contributed by atoms with Crippen molar-refractivity contribution in [3.63, 3.8) is 0 Å². The highest BCUT2D eigenvalue weighted by molar-refractivity contribution is 6.18. The third kappa shape index (κ3) is 1.41. The maximum atomic E-state index is 10.2. The zero-order valence-corrected chi connectivity index (χ0v) is 11.7. The first-order chi connectivity index (χ1) is 10.1. The Labute approximate surface area is 120 Å². The summed E-state index contributed by atoms with van der Waals surface area (Å²) >= 11 is 0. The average molecular weight is 278 g/mol. The quantitative estimate of drug-likeness (QED) is 0.427. The van der Waals surface area contributed by atoms with E-state index in [0.717, 1.165) is 38.4 Å². The minimum Gasteiger partial charge on any atom is -0.504 e. The van der Waals surface area contributed by atoms with Crippen LogP contribution in [0.4, 0.5) is 0 Å². The molecule has 2 heterocycles. The predicted octanol–water partition coefficient (Wildman–Crippen LogP) is 3.90. The number of benzene rings is 2. The molecule has 0 bridgehead atoms. The molecule has 4 rings (SSSR count). The number of nitrogens with zero attached hydrogens (tertiary/aromatic N) is 1. The number of aromatic nitrogens is 2. The Balaban J connectivity index is 2.39. The van der Waals surface area contributed by atoms with E-state index in [1.54, 1.807) is 12.3 Å². The first kappa shape index (κ1) is 12.0. The van der Waals surface area contributed by atoms with Gasteiger partial charge >= 0.3 is 0 Å². The number of phenolic OH excluding ortho intramolecular Hbond substituents is 2. The number of fused-ring (bicyclic) bond motifs is 4. The lowest BCUT2D eigenvalue weighted by Gasteiger charge is -2.08. The molecule has 4 aromatic rings. The Morgan fingerprint density at radius 1 is 1.00 bits per heavy atom. The fourth-order valence-electron chi connectivity index (χ4n) is 3.18. The number of rotatable bonds is 0. The number of aryl methyl sites for hydroxylation is 2. The largest absolute Gasteiger partial charge is 0.504 e. The number of nitrogens with one attached hydrogen (secondary N) is 1. The number of hydrogen-bond donors (Lipinski definition) is 3. The molecule has 0 aliphatic carbocycles. The lowest BCUT2D eigenvalue weighted by atomic mass is 9.98. The molecule has 0 atom stereocenters. The van der Waals surface area contributed by atoms with Crippen LogP contribution in [0.5, 0.6) is 11.5 Å². The monoisotopic (exact) mass is 278 g/mol. The molecule has 2 aromatic heterocycles. The first-order valence-corrected chi connectivity index (χ1v) is 6.80. The van der Waals surface area contributed by atoms with Crippen LogP contribution in [0.15, 0.2) is 30.5 Å². The van der Waals surface area contributed by atoms with Gasteiger partial charge in [-0.25, -0.2) is 0 Å². The smallest absolute Gasteiger partial charge is 0.167 e. The molecule has 104 valence electrons. The Morgan fingerprint density at radius 2 is 1.81 bits per heavy atom. The minimum absolute atomic E-state index is 0.0792. The lowest BCUT2D eigenvalue weighted by molar-refractivity contribution is 0.408. The van der Waals surface area contributed by atoms with Gasteiger partial charge in [0.2, 0.25) is 0 Å². The number of hydrogen-bond acceptors (Lipinski definition) is 3. The Bertz CT molecular complexity index is 1030. The summed E-state index contributed by atoms with van der Waals surface area (Å²) < 4.78 is 0. The molecular formula is C17H14N2O2. The van der Waals surface area contributed by atoms with Crippen molar-refractivity contribution in [1.82, 2.24) is 9.97 Å². The van der Waals surface area contributed by atoms with Crippen LogP contribution in [0.1, 0.15) is 11.1 Å². The van der Waals surface area contributed by atoms with Crippen LogP contribution < -0.4 is 0 Å². The van der Waals surface area contributed by atoms with E-state index >= 15 is 0 Å². The van der Waals surface area contributed by atoms with Crippen LogP contribution in [0, 0.1) is 13.8 Å². The van der Waals surface area contributed by atoms with E-state index in [1.165, 1.54) is 6.07 Å². The van der Waals surface area contributed by atoms with Gasteiger partial charge in [0.25, 0.3) is 0 Å². The molecule has 21 heavy (non-hydrogen) atoms. The molecule has 2 aromatic carbocycles. The van der Waals surface area contributed by atoms with Crippen LogP contribution in [0.3, 0.4) is 0 Å². The molecule has 0 aliphatic rings. The summed E-state index contributed by atoms with van der Waals surface area (Å²) in [5.74, 6) is -0.184. The lowest BCUT2D eigenvalue weighted by Crippen LogP contribution is -1.89. The molecule has 0 saturated carbocycles.